The van der Waals surface area contributed by atoms with Gasteiger partial charge in [-0.3, -0.25) is 4.79 Å². The summed E-state index contributed by atoms with van der Waals surface area (Å²) in [6, 6.07) is 0. The summed E-state index contributed by atoms with van der Waals surface area (Å²) >= 11 is 0. The molecule has 0 radical (unpaired) electrons. The molecule has 0 amide bonds. The molecule has 5 atom stereocenters. The van der Waals surface area contributed by atoms with E-state index in [0.717, 1.165) is 89.6 Å². The van der Waals surface area contributed by atoms with Crippen LogP contribution in [-0.4, -0.2) is 49.3 Å². The fraction of sp³-hybridized carbons (Fsp3) is 0.848. The Kier molecular flexibility index (Phi) is 14.0. The van der Waals surface area contributed by atoms with Crippen LogP contribution in [0.4, 0.5) is 0 Å². The van der Waals surface area contributed by atoms with Crippen LogP contribution in [0.15, 0.2) is 24.0 Å². The summed E-state index contributed by atoms with van der Waals surface area (Å²) in [6.07, 6.45) is 18.7. The molecule has 0 spiro atoms. The number of ether oxygens (including phenoxy) is 5. The van der Waals surface area contributed by atoms with Gasteiger partial charge < -0.3 is 28.8 Å². The van der Waals surface area contributed by atoms with Gasteiger partial charge in [-0.2, -0.15) is 0 Å². The van der Waals surface area contributed by atoms with Crippen LogP contribution in [0, 0.1) is 17.3 Å². The standard InChI is InChI=1S/C33H56O7/c1-5-6-7-8-13-29(34)40-33(35)21-17-27(24-33)28(39-31-15-10-12-23-37-31)18-20-32(3,4)19-16-26(2)25-38-30-14-9-11-22-36-30/h5-6,18,26-27,30-31,35H,7-17,19-25H2,1-4H3/t26?,27-,30?,31+,33+/m0/s1. The van der Waals surface area contributed by atoms with Crippen molar-refractivity contribution in [1.29, 1.82) is 0 Å². The summed E-state index contributed by atoms with van der Waals surface area (Å²) in [6.45, 7) is 11.1. The van der Waals surface area contributed by atoms with E-state index in [2.05, 4.69) is 26.8 Å². The first-order chi connectivity index (χ1) is 19.2. The summed E-state index contributed by atoms with van der Waals surface area (Å²) in [7, 11) is 0. The Morgan fingerprint density at radius 1 is 1.10 bits per heavy atom. The van der Waals surface area contributed by atoms with Gasteiger partial charge in [0.15, 0.2) is 12.6 Å². The highest BCUT2D eigenvalue weighted by molar-refractivity contribution is 5.69. The van der Waals surface area contributed by atoms with Gasteiger partial charge in [0.05, 0.1) is 19.0 Å². The smallest absolute Gasteiger partial charge is 0.308 e. The molecule has 0 aromatic carbocycles. The monoisotopic (exact) mass is 564 g/mol. The van der Waals surface area contributed by atoms with Crippen molar-refractivity contribution in [2.24, 2.45) is 17.3 Å². The van der Waals surface area contributed by atoms with Crippen molar-refractivity contribution >= 4 is 5.97 Å². The van der Waals surface area contributed by atoms with Gasteiger partial charge in [-0.25, -0.2) is 0 Å². The maximum Gasteiger partial charge on any atom is 0.308 e. The van der Waals surface area contributed by atoms with Crippen molar-refractivity contribution in [3.8, 4) is 0 Å². The van der Waals surface area contributed by atoms with E-state index in [0.29, 0.717) is 31.8 Å². The molecule has 1 N–H and O–H groups in total. The van der Waals surface area contributed by atoms with Gasteiger partial charge in [-0.15, -0.1) is 0 Å². The van der Waals surface area contributed by atoms with E-state index in [4.69, 9.17) is 23.7 Å². The number of allylic oxidation sites excluding steroid dienone is 4. The average Bonchev–Trinajstić information content (AvgIpc) is 3.33. The number of hydrogen-bond acceptors (Lipinski definition) is 7. The van der Waals surface area contributed by atoms with Gasteiger partial charge in [0.25, 0.3) is 0 Å². The van der Waals surface area contributed by atoms with E-state index in [1.807, 2.05) is 19.1 Å². The zero-order valence-electron chi connectivity index (χ0n) is 25.7. The van der Waals surface area contributed by atoms with E-state index in [1.165, 1.54) is 6.42 Å². The number of unbranched alkanes of at least 4 members (excludes halogenated alkanes) is 1. The second kappa shape index (κ2) is 16.9. The van der Waals surface area contributed by atoms with Crippen molar-refractivity contribution < 1.29 is 33.6 Å². The number of aliphatic hydroxyl groups is 1. The quantitative estimate of drug-likeness (QED) is 0.0680. The second-order valence-corrected chi connectivity index (χ2v) is 13.0. The lowest BCUT2D eigenvalue weighted by Crippen LogP contribution is -2.32. The largest absolute Gasteiger partial charge is 0.469 e. The predicted molar refractivity (Wildman–Crippen MR) is 156 cm³/mol. The molecule has 3 fully saturated rings. The fourth-order valence-corrected chi connectivity index (χ4v) is 5.70. The number of carbonyl (C=O) groups is 1. The summed E-state index contributed by atoms with van der Waals surface area (Å²) in [4.78, 5) is 12.4. The van der Waals surface area contributed by atoms with Gasteiger partial charge in [0, 0.05) is 38.2 Å². The van der Waals surface area contributed by atoms with Crippen molar-refractivity contribution in [3.05, 3.63) is 24.0 Å². The molecule has 230 valence electrons. The molecule has 2 aliphatic heterocycles. The van der Waals surface area contributed by atoms with Crippen molar-refractivity contribution in [2.75, 3.05) is 19.8 Å². The lowest BCUT2D eigenvalue weighted by atomic mass is 9.81. The number of carbonyl (C=O) groups excluding carboxylic acids is 1. The molecule has 3 rings (SSSR count). The molecule has 1 aliphatic carbocycles. The lowest BCUT2D eigenvalue weighted by molar-refractivity contribution is -0.208. The van der Waals surface area contributed by atoms with Crippen LogP contribution in [0.25, 0.3) is 0 Å². The Labute approximate surface area is 243 Å². The third-order valence-corrected chi connectivity index (χ3v) is 8.42. The van der Waals surface area contributed by atoms with Crippen LogP contribution in [0.3, 0.4) is 0 Å². The SMILES string of the molecule is CC=CCCCC(=O)O[C@]1(O)CC[C@H](C(=CCC(C)(C)CCC(C)COC2CCCCO2)O[C@@H]2CCCCO2)C1. The van der Waals surface area contributed by atoms with E-state index in [-0.39, 0.29) is 29.9 Å². The van der Waals surface area contributed by atoms with E-state index in [1.54, 1.807) is 0 Å². The van der Waals surface area contributed by atoms with E-state index in [9.17, 15) is 9.90 Å². The molecule has 7 heteroatoms. The summed E-state index contributed by atoms with van der Waals surface area (Å²) < 4.78 is 29.6. The molecule has 2 saturated heterocycles. The highest BCUT2D eigenvalue weighted by atomic mass is 16.7. The molecule has 2 unspecified atom stereocenters. The highest BCUT2D eigenvalue weighted by Gasteiger charge is 2.43. The van der Waals surface area contributed by atoms with Gasteiger partial charge in [-0.05, 0) is 95.0 Å². The van der Waals surface area contributed by atoms with Crippen LogP contribution in [0.5, 0.6) is 0 Å². The second-order valence-electron chi connectivity index (χ2n) is 13.0. The summed E-state index contributed by atoms with van der Waals surface area (Å²) in [5.41, 5.74) is 0.0892. The van der Waals surface area contributed by atoms with Crippen LogP contribution in [0.2, 0.25) is 0 Å². The fourth-order valence-electron chi connectivity index (χ4n) is 5.70. The van der Waals surface area contributed by atoms with Gasteiger partial charge in [0.2, 0.25) is 5.79 Å². The Morgan fingerprint density at radius 3 is 2.50 bits per heavy atom. The molecule has 40 heavy (non-hydrogen) atoms. The number of esters is 1. The van der Waals surface area contributed by atoms with Crippen LogP contribution >= 0.6 is 0 Å². The highest BCUT2D eigenvalue weighted by Crippen LogP contribution is 2.42. The van der Waals surface area contributed by atoms with E-state index < -0.39 is 5.79 Å². The predicted octanol–water partition coefficient (Wildman–Crippen LogP) is 7.57. The normalized spacial score (nSPS) is 29.0. The van der Waals surface area contributed by atoms with Crippen molar-refractivity contribution in [3.63, 3.8) is 0 Å². The maximum atomic E-state index is 12.4. The first-order valence-electron chi connectivity index (χ1n) is 15.9. The number of hydrogen-bond donors (Lipinski definition) is 1. The molecule has 3 aliphatic rings. The van der Waals surface area contributed by atoms with Crippen LogP contribution in [0.1, 0.15) is 124 Å². The number of rotatable bonds is 16. The molecule has 0 aromatic heterocycles. The minimum atomic E-state index is -1.43. The first kappa shape index (κ1) is 33.1. The summed E-state index contributed by atoms with van der Waals surface area (Å²) in [5.74, 6) is -0.400. The average molecular weight is 565 g/mol. The molecule has 0 bridgehead atoms. The molecular weight excluding hydrogens is 508 g/mol. The zero-order valence-corrected chi connectivity index (χ0v) is 25.7. The maximum absolute atomic E-state index is 12.4. The topological polar surface area (TPSA) is 83.5 Å². The zero-order chi connectivity index (χ0) is 28.8. The van der Waals surface area contributed by atoms with Crippen molar-refractivity contribution in [1.82, 2.24) is 0 Å². The molecule has 7 nitrogen and oxygen atoms in total. The van der Waals surface area contributed by atoms with Crippen molar-refractivity contribution in [2.45, 2.75) is 142 Å². The van der Waals surface area contributed by atoms with E-state index >= 15 is 0 Å². The first-order valence-corrected chi connectivity index (χ1v) is 15.9. The van der Waals surface area contributed by atoms with Gasteiger partial charge >= 0.3 is 5.97 Å². The Hall–Kier alpha value is -1.41. The van der Waals surface area contributed by atoms with Crippen LogP contribution in [-0.2, 0) is 28.5 Å². The Balaban J connectivity index is 1.53. The molecule has 0 aromatic rings. The minimum Gasteiger partial charge on any atom is -0.469 e. The molecule has 2 heterocycles. The molecule has 1 saturated carbocycles. The lowest BCUT2D eigenvalue weighted by Gasteiger charge is -2.30. The summed E-state index contributed by atoms with van der Waals surface area (Å²) in [5, 5.41) is 11.1. The van der Waals surface area contributed by atoms with Gasteiger partial charge in [0.1, 0.15) is 0 Å². The Bertz CT molecular complexity index is 795. The third kappa shape index (κ3) is 12.2. The Morgan fingerprint density at radius 2 is 1.82 bits per heavy atom. The molecular formula is C33H56O7. The van der Waals surface area contributed by atoms with Gasteiger partial charge in [-0.1, -0.05) is 32.9 Å². The minimum absolute atomic E-state index is 0.00460. The van der Waals surface area contributed by atoms with Crippen LogP contribution < -0.4 is 0 Å². The third-order valence-electron chi connectivity index (χ3n) is 8.42.